The number of phenolic OH excluding ortho intramolecular Hbond substituents is 1. The van der Waals surface area contributed by atoms with Gasteiger partial charge in [-0.1, -0.05) is 6.92 Å². The molecule has 1 N–H and O–H groups in total. The molecule has 0 amide bonds. The number of allylic oxidation sites excluding steroid dienone is 2. The van der Waals surface area contributed by atoms with Crippen LogP contribution in [0.4, 0.5) is 0 Å². The lowest BCUT2D eigenvalue weighted by Gasteiger charge is -2.48. The van der Waals surface area contributed by atoms with Gasteiger partial charge in [0.2, 0.25) is 0 Å². The normalized spacial score (nSPS) is 25.5. The van der Waals surface area contributed by atoms with Gasteiger partial charge in [0.1, 0.15) is 5.78 Å². The molecule has 1 aromatic carbocycles. The first-order chi connectivity index (χ1) is 10.6. The Balaban J connectivity index is 2.38. The van der Waals surface area contributed by atoms with E-state index in [1.54, 1.807) is 19.1 Å². The Bertz CT molecular complexity index is 770. The lowest BCUT2D eigenvalue weighted by molar-refractivity contribution is -0.127. The number of carbonyl (C=O) groups excluding carboxylic acids is 2. The van der Waals surface area contributed by atoms with Gasteiger partial charge in [0.15, 0.2) is 17.3 Å². The molecule has 4 nitrogen and oxygen atoms in total. The van der Waals surface area contributed by atoms with Crippen LogP contribution in [-0.2, 0) is 10.2 Å². The summed E-state index contributed by atoms with van der Waals surface area (Å²) in [7, 11) is 1.50. The molecule has 3 rings (SSSR count). The minimum Gasteiger partial charge on any atom is -0.504 e. The van der Waals surface area contributed by atoms with Crippen molar-refractivity contribution < 1.29 is 19.4 Å². The molecule has 2 aliphatic rings. The molecule has 0 radical (unpaired) electrons. The molecule has 0 heterocycles. The quantitative estimate of drug-likeness (QED) is 0.862. The van der Waals surface area contributed by atoms with Crippen molar-refractivity contribution in [3.63, 3.8) is 0 Å². The van der Waals surface area contributed by atoms with E-state index in [1.807, 2.05) is 20.8 Å². The fraction of sp³-hybridized carbons (Fsp3) is 0.474. The number of carbonyl (C=O) groups is 2. The van der Waals surface area contributed by atoms with Gasteiger partial charge in [0.05, 0.1) is 7.11 Å². The monoisotopic (exact) mass is 314 g/mol. The van der Waals surface area contributed by atoms with Gasteiger partial charge in [0, 0.05) is 28.4 Å². The minimum absolute atomic E-state index is 0.0660. The van der Waals surface area contributed by atoms with Crippen molar-refractivity contribution in [2.24, 2.45) is 5.41 Å². The fourth-order valence-corrected chi connectivity index (χ4v) is 4.18. The van der Waals surface area contributed by atoms with Gasteiger partial charge in [0.25, 0.3) is 0 Å². The summed E-state index contributed by atoms with van der Waals surface area (Å²) in [4.78, 5) is 25.1. The molecule has 0 saturated heterocycles. The fourth-order valence-electron chi connectivity index (χ4n) is 4.18. The summed E-state index contributed by atoms with van der Waals surface area (Å²) in [5, 5.41) is 10.4. The molecule has 4 heteroatoms. The lowest BCUT2D eigenvalue weighted by atomic mass is 9.54. The van der Waals surface area contributed by atoms with Crippen LogP contribution >= 0.6 is 0 Å². The van der Waals surface area contributed by atoms with Crippen LogP contribution < -0.4 is 4.74 Å². The van der Waals surface area contributed by atoms with Crippen molar-refractivity contribution in [3.8, 4) is 11.5 Å². The number of fused-ring (bicyclic) bond motifs is 3. The van der Waals surface area contributed by atoms with Crippen molar-refractivity contribution in [3.05, 3.63) is 34.4 Å². The van der Waals surface area contributed by atoms with Gasteiger partial charge in [-0.15, -0.1) is 0 Å². The highest BCUT2D eigenvalue weighted by Crippen LogP contribution is 2.57. The van der Waals surface area contributed by atoms with Gasteiger partial charge in [-0.3, -0.25) is 9.59 Å². The molecule has 0 bridgehead atoms. The molecular formula is C19H22O4. The number of ketones is 2. The predicted octanol–water partition coefficient (Wildman–Crippen LogP) is 3.48. The lowest BCUT2D eigenvalue weighted by Crippen LogP contribution is -2.46. The summed E-state index contributed by atoms with van der Waals surface area (Å²) in [6.45, 7) is 7.53. The summed E-state index contributed by atoms with van der Waals surface area (Å²) in [5.41, 5.74) is 1.53. The first-order valence-corrected chi connectivity index (χ1v) is 7.86. The van der Waals surface area contributed by atoms with E-state index in [2.05, 4.69) is 0 Å². The second kappa shape index (κ2) is 4.70. The van der Waals surface area contributed by atoms with Crippen LogP contribution in [0.1, 0.15) is 55.1 Å². The molecule has 1 atom stereocenters. The molecule has 1 saturated carbocycles. The molecule has 1 aromatic rings. The number of hydrogen-bond donors (Lipinski definition) is 1. The molecule has 1 fully saturated rings. The zero-order valence-electron chi connectivity index (χ0n) is 14.2. The third-order valence-electron chi connectivity index (χ3n) is 5.56. The van der Waals surface area contributed by atoms with Crippen molar-refractivity contribution in [1.29, 1.82) is 0 Å². The number of methoxy groups -OCH3 is 1. The van der Waals surface area contributed by atoms with Crippen LogP contribution in [0, 0.1) is 12.3 Å². The molecule has 23 heavy (non-hydrogen) atoms. The Labute approximate surface area is 136 Å². The SMILES string of the molecule is COc1c(O)c(C)cc2c1C1(C)CCC(=O)C(C)(C)C1=CC2=O. The van der Waals surface area contributed by atoms with E-state index in [9.17, 15) is 14.7 Å². The maximum absolute atomic E-state index is 12.7. The van der Waals surface area contributed by atoms with Gasteiger partial charge in [-0.2, -0.15) is 0 Å². The van der Waals surface area contributed by atoms with Crippen molar-refractivity contribution in [2.75, 3.05) is 7.11 Å². The van der Waals surface area contributed by atoms with Crippen LogP contribution in [0.25, 0.3) is 0 Å². The van der Waals surface area contributed by atoms with Crippen LogP contribution in [0.2, 0.25) is 0 Å². The largest absolute Gasteiger partial charge is 0.504 e. The minimum atomic E-state index is -0.689. The number of ether oxygens (including phenoxy) is 1. The maximum atomic E-state index is 12.7. The van der Waals surface area contributed by atoms with E-state index >= 15 is 0 Å². The van der Waals surface area contributed by atoms with Gasteiger partial charge < -0.3 is 9.84 Å². The van der Waals surface area contributed by atoms with E-state index < -0.39 is 10.8 Å². The summed E-state index contributed by atoms with van der Waals surface area (Å²) < 4.78 is 5.47. The number of benzene rings is 1. The van der Waals surface area contributed by atoms with Gasteiger partial charge in [-0.25, -0.2) is 0 Å². The second-order valence-electron chi connectivity index (χ2n) is 7.30. The van der Waals surface area contributed by atoms with Gasteiger partial charge >= 0.3 is 0 Å². The standard InChI is InChI=1S/C19H22O4/c1-10-8-11-12(20)9-13-18(2,3)14(21)6-7-19(13,4)15(11)17(23-5)16(10)22/h8-9,22H,6-7H2,1-5H3. The average Bonchev–Trinajstić information content (AvgIpc) is 2.49. The Morgan fingerprint density at radius 1 is 1.22 bits per heavy atom. The summed E-state index contributed by atoms with van der Waals surface area (Å²) in [5.74, 6) is 0.437. The average molecular weight is 314 g/mol. The molecular weight excluding hydrogens is 292 g/mol. The van der Waals surface area contributed by atoms with E-state index in [-0.39, 0.29) is 17.3 Å². The smallest absolute Gasteiger partial charge is 0.186 e. The number of aryl methyl sites for hydroxylation is 1. The topological polar surface area (TPSA) is 63.6 Å². The highest BCUT2D eigenvalue weighted by atomic mass is 16.5. The Morgan fingerprint density at radius 2 is 1.87 bits per heavy atom. The highest BCUT2D eigenvalue weighted by Gasteiger charge is 2.52. The summed E-state index contributed by atoms with van der Waals surface area (Å²) in [6, 6.07) is 1.72. The van der Waals surface area contributed by atoms with Gasteiger partial charge in [-0.05, 0) is 50.5 Å². The number of Topliss-reactive ketones (excluding diaryl/α,β-unsaturated/α-hetero) is 1. The first-order valence-electron chi connectivity index (χ1n) is 7.86. The van der Waals surface area contributed by atoms with Crippen molar-refractivity contribution >= 4 is 11.6 Å². The number of phenols is 1. The summed E-state index contributed by atoms with van der Waals surface area (Å²) >= 11 is 0. The second-order valence-corrected chi connectivity index (χ2v) is 7.30. The zero-order chi connectivity index (χ0) is 17.2. The van der Waals surface area contributed by atoms with Crippen LogP contribution in [0.3, 0.4) is 0 Å². The Hall–Kier alpha value is -2.10. The predicted molar refractivity (Wildman–Crippen MR) is 87.2 cm³/mol. The molecule has 122 valence electrons. The molecule has 0 aliphatic heterocycles. The van der Waals surface area contributed by atoms with E-state index in [0.717, 1.165) is 5.57 Å². The Morgan fingerprint density at radius 3 is 2.48 bits per heavy atom. The molecule has 1 unspecified atom stereocenters. The van der Waals surface area contributed by atoms with Crippen LogP contribution in [-0.4, -0.2) is 23.8 Å². The third-order valence-corrected chi connectivity index (χ3v) is 5.56. The summed E-state index contributed by atoms with van der Waals surface area (Å²) in [6.07, 6.45) is 2.68. The number of hydrogen-bond acceptors (Lipinski definition) is 4. The molecule has 0 aromatic heterocycles. The van der Waals surface area contributed by atoms with E-state index in [0.29, 0.717) is 35.3 Å². The maximum Gasteiger partial charge on any atom is 0.186 e. The zero-order valence-corrected chi connectivity index (χ0v) is 14.2. The molecule has 0 spiro atoms. The Kier molecular flexibility index (Phi) is 3.22. The molecule has 2 aliphatic carbocycles. The van der Waals surface area contributed by atoms with Crippen LogP contribution in [0.5, 0.6) is 11.5 Å². The van der Waals surface area contributed by atoms with Crippen LogP contribution in [0.15, 0.2) is 17.7 Å². The first kappa shape index (κ1) is 15.8. The van der Waals surface area contributed by atoms with E-state index in [4.69, 9.17) is 4.74 Å². The van der Waals surface area contributed by atoms with E-state index in [1.165, 1.54) is 7.11 Å². The van der Waals surface area contributed by atoms with Crippen molar-refractivity contribution in [2.45, 2.75) is 46.0 Å². The highest BCUT2D eigenvalue weighted by molar-refractivity contribution is 6.10. The number of aromatic hydroxyl groups is 1. The number of rotatable bonds is 1. The van der Waals surface area contributed by atoms with Crippen molar-refractivity contribution in [1.82, 2.24) is 0 Å². The third kappa shape index (κ3) is 1.90.